The van der Waals surface area contributed by atoms with Crippen molar-refractivity contribution in [3.63, 3.8) is 0 Å². The maximum atomic E-state index is 5.86. The molecule has 130 valence electrons. The van der Waals surface area contributed by atoms with Crippen LogP contribution in [0.2, 0.25) is 0 Å². The number of hydrogen-bond donors (Lipinski definition) is 2. The number of ether oxygens (including phenoxy) is 2. The lowest BCUT2D eigenvalue weighted by Crippen LogP contribution is -2.42. The summed E-state index contributed by atoms with van der Waals surface area (Å²) in [6.07, 6.45) is 5.86. The van der Waals surface area contributed by atoms with E-state index in [9.17, 15) is 0 Å². The van der Waals surface area contributed by atoms with Crippen molar-refractivity contribution in [1.82, 2.24) is 10.6 Å². The van der Waals surface area contributed by atoms with Crippen molar-refractivity contribution >= 4 is 5.96 Å². The Balaban J connectivity index is 2.05. The molecule has 0 radical (unpaired) electrons. The van der Waals surface area contributed by atoms with Crippen LogP contribution in [-0.2, 0) is 9.47 Å². The molecule has 2 N–H and O–H groups in total. The molecular formula is C17H35N3O2. The monoisotopic (exact) mass is 313 g/mol. The summed E-state index contributed by atoms with van der Waals surface area (Å²) in [4.78, 5) is 4.28. The van der Waals surface area contributed by atoms with Crippen molar-refractivity contribution in [3.8, 4) is 0 Å². The summed E-state index contributed by atoms with van der Waals surface area (Å²) in [5.41, 5.74) is 0. The number of guanidine groups is 1. The minimum atomic E-state index is 0.391. The van der Waals surface area contributed by atoms with Crippen molar-refractivity contribution in [1.29, 1.82) is 0 Å². The van der Waals surface area contributed by atoms with Crippen LogP contribution in [0.25, 0.3) is 0 Å². The van der Waals surface area contributed by atoms with Gasteiger partial charge in [-0.1, -0.05) is 13.8 Å². The Kier molecular flexibility index (Phi) is 10.2. The van der Waals surface area contributed by atoms with Crippen LogP contribution >= 0.6 is 0 Å². The molecular weight excluding hydrogens is 278 g/mol. The molecule has 0 saturated carbocycles. The second-order valence-electron chi connectivity index (χ2n) is 6.55. The molecule has 22 heavy (non-hydrogen) atoms. The van der Waals surface area contributed by atoms with E-state index >= 15 is 0 Å². The third kappa shape index (κ3) is 9.26. The zero-order valence-electron chi connectivity index (χ0n) is 14.9. The molecule has 5 nitrogen and oxygen atoms in total. The van der Waals surface area contributed by atoms with Gasteiger partial charge in [-0.15, -0.1) is 0 Å². The van der Waals surface area contributed by atoms with Crippen LogP contribution in [0, 0.1) is 5.92 Å². The first-order chi connectivity index (χ1) is 10.6. The van der Waals surface area contributed by atoms with Crippen molar-refractivity contribution in [2.75, 3.05) is 33.4 Å². The molecule has 1 aliphatic rings. The molecule has 1 fully saturated rings. The molecule has 1 saturated heterocycles. The average molecular weight is 313 g/mol. The van der Waals surface area contributed by atoms with Gasteiger partial charge in [-0.25, -0.2) is 0 Å². The summed E-state index contributed by atoms with van der Waals surface area (Å²) in [5.74, 6) is 1.64. The van der Waals surface area contributed by atoms with E-state index in [2.05, 4.69) is 36.4 Å². The molecule has 0 aromatic rings. The number of rotatable bonds is 9. The van der Waals surface area contributed by atoms with Crippen LogP contribution in [0.3, 0.4) is 0 Å². The fourth-order valence-electron chi connectivity index (χ4n) is 2.46. The Bertz CT molecular complexity index is 302. The Morgan fingerprint density at radius 1 is 1.23 bits per heavy atom. The third-order valence-corrected chi connectivity index (χ3v) is 3.92. The molecule has 0 aromatic carbocycles. The van der Waals surface area contributed by atoms with E-state index in [1.165, 1.54) is 12.8 Å². The van der Waals surface area contributed by atoms with Gasteiger partial charge in [0, 0.05) is 39.5 Å². The highest BCUT2D eigenvalue weighted by Gasteiger charge is 2.13. The van der Waals surface area contributed by atoms with E-state index < -0.39 is 0 Å². The van der Waals surface area contributed by atoms with Crippen molar-refractivity contribution in [2.24, 2.45) is 10.9 Å². The minimum absolute atomic E-state index is 0.391. The third-order valence-electron chi connectivity index (χ3n) is 3.92. The largest absolute Gasteiger partial charge is 0.381 e. The molecule has 0 bridgehead atoms. The van der Waals surface area contributed by atoms with Crippen LogP contribution in [0.5, 0.6) is 0 Å². The summed E-state index contributed by atoms with van der Waals surface area (Å²) in [5, 5.41) is 6.80. The van der Waals surface area contributed by atoms with Crippen molar-refractivity contribution in [2.45, 2.75) is 65.0 Å². The quantitative estimate of drug-likeness (QED) is 0.390. The van der Waals surface area contributed by atoms with Gasteiger partial charge in [-0.3, -0.25) is 4.99 Å². The fourth-order valence-corrected chi connectivity index (χ4v) is 2.46. The van der Waals surface area contributed by atoms with Gasteiger partial charge in [0.05, 0.1) is 6.10 Å². The number of nitrogens with one attached hydrogen (secondary N) is 2. The Labute approximate surface area is 136 Å². The molecule has 0 aliphatic carbocycles. The molecule has 1 atom stereocenters. The van der Waals surface area contributed by atoms with Crippen LogP contribution in [-0.4, -0.2) is 51.5 Å². The smallest absolute Gasteiger partial charge is 0.191 e. The van der Waals surface area contributed by atoms with Gasteiger partial charge in [-0.2, -0.15) is 0 Å². The van der Waals surface area contributed by atoms with Gasteiger partial charge in [0.15, 0.2) is 5.96 Å². The van der Waals surface area contributed by atoms with E-state index in [1.807, 2.05) is 7.05 Å². The highest BCUT2D eigenvalue weighted by atomic mass is 16.5. The van der Waals surface area contributed by atoms with Crippen molar-refractivity contribution in [3.05, 3.63) is 0 Å². The molecule has 1 unspecified atom stereocenters. The van der Waals surface area contributed by atoms with Crippen molar-refractivity contribution < 1.29 is 9.47 Å². The Morgan fingerprint density at radius 2 is 1.95 bits per heavy atom. The summed E-state index contributed by atoms with van der Waals surface area (Å²) in [6.45, 7) is 10.1. The van der Waals surface area contributed by atoms with Crippen LogP contribution < -0.4 is 10.6 Å². The van der Waals surface area contributed by atoms with E-state index in [1.54, 1.807) is 0 Å². The predicted octanol–water partition coefficient (Wildman–Crippen LogP) is 2.56. The predicted molar refractivity (Wildman–Crippen MR) is 92.4 cm³/mol. The standard InChI is InChI=1S/C17H35N3O2/c1-14(2)6-7-15(3)20-17(18-4)19-10-5-11-22-16-8-12-21-13-9-16/h14-16H,5-13H2,1-4H3,(H2,18,19,20). The number of hydrogen-bond acceptors (Lipinski definition) is 3. The van der Waals surface area contributed by atoms with Gasteiger partial charge in [-0.05, 0) is 44.9 Å². The zero-order chi connectivity index (χ0) is 16.2. The van der Waals surface area contributed by atoms with Gasteiger partial charge in [0.1, 0.15) is 0 Å². The topological polar surface area (TPSA) is 54.9 Å². The Hall–Kier alpha value is -0.810. The lowest BCUT2D eigenvalue weighted by molar-refractivity contribution is -0.0320. The normalized spacial score (nSPS) is 18.5. The summed E-state index contributed by atoms with van der Waals surface area (Å²) >= 11 is 0. The highest BCUT2D eigenvalue weighted by Crippen LogP contribution is 2.10. The molecule has 1 aliphatic heterocycles. The first-order valence-corrected chi connectivity index (χ1v) is 8.78. The van der Waals surface area contributed by atoms with Crippen LogP contribution in [0.15, 0.2) is 4.99 Å². The second kappa shape index (κ2) is 11.7. The van der Waals surface area contributed by atoms with Crippen LogP contribution in [0.4, 0.5) is 0 Å². The fraction of sp³-hybridized carbons (Fsp3) is 0.941. The van der Waals surface area contributed by atoms with E-state index in [0.717, 1.165) is 57.5 Å². The van der Waals surface area contributed by atoms with E-state index in [0.29, 0.717) is 12.1 Å². The van der Waals surface area contributed by atoms with Gasteiger partial charge in [0.2, 0.25) is 0 Å². The van der Waals surface area contributed by atoms with E-state index in [-0.39, 0.29) is 0 Å². The SMILES string of the molecule is CN=C(NCCCOC1CCOCC1)NC(C)CCC(C)C. The maximum Gasteiger partial charge on any atom is 0.191 e. The first kappa shape index (κ1) is 19.2. The first-order valence-electron chi connectivity index (χ1n) is 8.78. The van der Waals surface area contributed by atoms with Gasteiger partial charge in [0.25, 0.3) is 0 Å². The molecule has 1 heterocycles. The minimum Gasteiger partial charge on any atom is -0.381 e. The second-order valence-corrected chi connectivity index (χ2v) is 6.55. The number of aliphatic imine (C=N–C) groups is 1. The number of nitrogens with zero attached hydrogens (tertiary/aromatic N) is 1. The average Bonchev–Trinajstić information content (AvgIpc) is 2.52. The molecule has 0 aromatic heterocycles. The summed E-state index contributed by atoms with van der Waals surface area (Å²) < 4.78 is 11.2. The molecule has 0 spiro atoms. The summed E-state index contributed by atoms with van der Waals surface area (Å²) in [7, 11) is 1.82. The highest BCUT2D eigenvalue weighted by molar-refractivity contribution is 5.79. The summed E-state index contributed by atoms with van der Waals surface area (Å²) in [6, 6.07) is 0.451. The Morgan fingerprint density at radius 3 is 2.59 bits per heavy atom. The lowest BCUT2D eigenvalue weighted by atomic mass is 10.0. The maximum absolute atomic E-state index is 5.86. The lowest BCUT2D eigenvalue weighted by Gasteiger charge is -2.22. The van der Waals surface area contributed by atoms with E-state index in [4.69, 9.17) is 9.47 Å². The molecule has 5 heteroatoms. The van der Waals surface area contributed by atoms with Crippen LogP contribution in [0.1, 0.15) is 52.9 Å². The zero-order valence-corrected chi connectivity index (χ0v) is 14.9. The molecule has 0 amide bonds. The molecule has 1 rings (SSSR count). The van der Waals surface area contributed by atoms with Gasteiger partial charge < -0.3 is 20.1 Å². The van der Waals surface area contributed by atoms with Gasteiger partial charge >= 0.3 is 0 Å².